The van der Waals surface area contributed by atoms with Crippen LogP contribution in [0.5, 0.6) is 0 Å². The van der Waals surface area contributed by atoms with Crippen LogP contribution in [0.2, 0.25) is 0 Å². The summed E-state index contributed by atoms with van der Waals surface area (Å²) in [6.07, 6.45) is 2.23. The monoisotopic (exact) mass is 337 g/mol. The number of hydrogen-bond donors (Lipinski definition) is 1. The first-order valence-electron chi connectivity index (χ1n) is 6.85. The molecule has 1 aromatic heterocycles. The fraction of sp³-hybridized carbons (Fsp3) is 0.286. The van der Waals surface area contributed by atoms with Crippen molar-refractivity contribution in [3.05, 3.63) is 41.8 Å². The highest BCUT2D eigenvalue weighted by Gasteiger charge is 2.27. The quantitative estimate of drug-likeness (QED) is 0.896. The zero-order valence-corrected chi connectivity index (χ0v) is 13.2. The number of sulfonamides is 1. The lowest BCUT2D eigenvalue weighted by molar-refractivity contribution is 0.0690. The normalized spacial score (nSPS) is 15.2. The summed E-state index contributed by atoms with van der Waals surface area (Å²) in [6.45, 7) is 0.934. The fourth-order valence-corrected chi connectivity index (χ4v) is 3.47. The number of para-hydroxylation sites is 1. The average Bonchev–Trinajstić information content (AvgIpc) is 2.88. The van der Waals surface area contributed by atoms with E-state index in [4.69, 9.17) is 9.52 Å². The molecule has 0 atom stereocenters. The number of carboxylic acids is 1. The van der Waals surface area contributed by atoms with Crippen molar-refractivity contribution in [3.63, 3.8) is 0 Å². The van der Waals surface area contributed by atoms with E-state index in [1.54, 1.807) is 17.0 Å². The Bertz CT molecular complexity index is 846. The number of aromatic carboxylic acids is 1. The number of benzene rings is 1. The predicted octanol–water partition coefficient (Wildman–Crippen LogP) is 1.16. The van der Waals surface area contributed by atoms with E-state index in [-0.39, 0.29) is 18.3 Å². The van der Waals surface area contributed by atoms with Crippen LogP contribution >= 0.6 is 0 Å². The molecule has 0 bridgehead atoms. The second-order valence-corrected chi connectivity index (χ2v) is 7.11. The van der Waals surface area contributed by atoms with Crippen molar-refractivity contribution in [2.24, 2.45) is 0 Å². The maximum Gasteiger partial charge on any atom is 0.357 e. The Morgan fingerprint density at radius 1 is 1.30 bits per heavy atom. The third-order valence-corrected chi connectivity index (χ3v) is 4.76. The molecular weight excluding hydrogens is 322 g/mol. The molecule has 3 rings (SSSR count). The second kappa shape index (κ2) is 5.58. The lowest BCUT2D eigenvalue weighted by Gasteiger charge is -2.21. The average molecular weight is 337 g/mol. The van der Waals surface area contributed by atoms with E-state index >= 15 is 0 Å². The molecule has 0 fully saturated rings. The van der Waals surface area contributed by atoms with Crippen molar-refractivity contribution in [1.82, 2.24) is 4.98 Å². The molecule has 0 saturated heterocycles. The largest absolute Gasteiger partial charge is 0.476 e. The zero-order chi connectivity index (χ0) is 16.6. The van der Waals surface area contributed by atoms with Crippen molar-refractivity contribution >= 4 is 27.7 Å². The SMILES string of the molecule is CS(=O)(=O)N1CCN(c2nc(C(=O)O)co2)Cc2ccccc21. The Balaban J connectivity index is 1.98. The van der Waals surface area contributed by atoms with Crippen LogP contribution in [-0.2, 0) is 16.6 Å². The molecule has 0 spiro atoms. The molecule has 2 heterocycles. The molecule has 0 amide bonds. The minimum Gasteiger partial charge on any atom is -0.476 e. The van der Waals surface area contributed by atoms with E-state index in [2.05, 4.69) is 4.98 Å². The van der Waals surface area contributed by atoms with E-state index in [0.717, 1.165) is 18.1 Å². The van der Waals surface area contributed by atoms with Crippen LogP contribution in [0.3, 0.4) is 0 Å². The van der Waals surface area contributed by atoms with Crippen LogP contribution in [0.15, 0.2) is 34.9 Å². The highest BCUT2D eigenvalue weighted by Crippen LogP contribution is 2.29. The van der Waals surface area contributed by atoms with Crippen molar-refractivity contribution < 1.29 is 22.7 Å². The van der Waals surface area contributed by atoms with E-state index in [0.29, 0.717) is 18.8 Å². The summed E-state index contributed by atoms with van der Waals surface area (Å²) in [5.41, 5.74) is 1.23. The van der Waals surface area contributed by atoms with Gasteiger partial charge in [-0.15, -0.1) is 0 Å². The number of hydrogen-bond acceptors (Lipinski definition) is 6. The summed E-state index contributed by atoms with van der Waals surface area (Å²) < 4.78 is 30.6. The first-order chi connectivity index (χ1) is 10.9. The van der Waals surface area contributed by atoms with Gasteiger partial charge in [0.2, 0.25) is 10.0 Å². The third-order valence-electron chi connectivity index (χ3n) is 3.58. The van der Waals surface area contributed by atoms with Crippen LogP contribution < -0.4 is 9.21 Å². The van der Waals surface area contributed by atoms with E-state index in [1.165, 1.54) is 4.31 Å². The molecular formula is C14H15N3O5S. The number of carbonyl (C=O) groups is 1. The molecule has 1 aliphatic heterocycles. The summed E-state index contributed by atoms with van der Waals surface area (Å²) in [5.74, 6) is -1.17. The Morgan fingerprint density at radius 3 is 2.70 bits per heavy atom. The topological polar surface area (TPSA) is 104 Å². The van der Waals surface area contributed by atoms with Crippen LogP contribution in [-0.4, -0.2) is 43.8 Å². The van der Waals surface area contributed by atoms with Crippen molar-refractivity contribution in [1.29, 1.82) is 0 Å². The lowest BCUT2D eigenvalue weighted by Crippen LogP contribution is -2.35. The van der Waals surface area contributed by atoms with Crippen LogP contribution in [0.1, 0.15) is 16.1 Å². The minimum atomic E-state index is -3.41. The Kier molecular flexibility index (Phi) is 3.72. The van der Waals surface area contributed by atoms with E-state index < -0.39 is 16.0 Å². The molecule has 0 unspecified atom stereocenters. The van der Waals surface area contributed by atoms with Crippen LogP contribution in [0.4, 0.5) is 11.7 Å². The molecule has 0 saturated carbocycles. The number of nitrogens with zero attached hydrogens (tertiary/aromatic N) is 3. The van der Waals surface area contributed by atoms with Gasteiger partial charge in [0.1, 0.15) is 6.26 Å². The van der Waals surface area contributed by atoms with Crippen molar-refractivity contribution in [3.8, 4) is 0 Å². The summed E-state index contributed by atoms with van der Waals surface area (Å²) in [6, 6.07) is 7.33. The van der Waals surface area contributed by atoms with Gasteiger partial charge in [0.15, 0.2) is 5.69 Å². The van der Waals surface area contributed by atoms with Crippen molar-refractivity contribution in [2.75, 3.05) is 28.6 Å². The molecule has 0 aliphatic carbocycles. The fourth-order valence-electron chi connectivity index (χ4n) is 2.52. The summed E-state index contributed by atoms with van der Waals surface area (Å²) in [5, 5.41) is 8.93. The third kappa shape index (κ3) is 3.00. The maximum atomic E-state index is 12.0. The number of rotatable bonds is 3. The maximum absolute atomic E-state index is 12.0. The van der Waals surface area contributed by atoms with Gasteiger partial charge in [-0.05, 0) is 11.6 Å². The lowest BCUT2D eigenvalue weighted by atomic mass is 10.2. The first-order valence-corrected chi connectivity index (χ1v) is 8.70. The van der Waals surface area contributed by atoms with E-state index in [9.17, 15) is 13.2 Å². The highest BCUT2D eigenvalue weighted by molar-refractivity contribution is 7.92. The minimum absolute atomic E-state index is 0.160. The smallest absolute Gasteiger partial charge is 0.357 e. The number of anilines is 2. The van der Waals surface area contributed by atoms with Crippen molar-refractivity contribution in [2.45, 2.75) is 6.54 Å². The summed E-state index contributed by atoms with van der Waals surface area (Å²) in [7, 11) is -3.41. The second-order valence-electron chi connectivity index (χ2n) is 5.21. The summed E-state index contributed by atoms with van der Waals surface area (Å²) in [4.78, 5) is 16.6. The molecule has 122 valence electrons. The van der Waals surface area contributed by atoms with Crippen LogP contribution in [0, 0.1) is 0 Å². The van der Waals surface area contributed by atoms with Gasteiger partial charge in [-0.2, -0.15) is 4.98 Å². The number of carboxylic acid groups (broad SMARTS) is 1. The Morgan fingerprint density at radius 2 is 2.04 bits per heavy atom. The van der Waals surface area contributed by atoms with Gasteiger partial charge in [-0.3, -0.25) is 4.31 Å². The van der Waals surface area contributed by atoms with E-state index in [1.807, 2.05) is 12.1 Å². The molecule has 1 aromatic carbocycles. The van der Waals surface area contributed by atoms with Gasteiger partial charge in [-0.1, -0.05) is 18.2 Å². The first kappa shape index (κ1) is 15.3. The number of fused-ring (bicyclic) bond motifs is 1. The van der Waals surface area contributed by atoms with Gasteiger partial charge < -0.3 is 14.4 Å². The Labute approximate surface area is 133 Å². The van der Waals surface area contributed by atoms with Gasteiger partial charge in [0.25, 0.3) is 6.01 Å². The van der Waals surface area contributed by atoms with Gasteiger partial charge in [0, 0.05) is 13.1 Å². The predicted molar refractivity (Wildman–Crippen MR) is 83.1 cm³/mol. The highest BCUT2D eigenvalue weighted by atomic mass is 32.2. The molecule has 9 heteroatoms. The molecule has 0 radical (unpaired) electrons. The van der Waals surface area contributed by atoms with Gasteiger partial charge >= 0.3 is 5.97 Å². The summed E-state index contributed by atoms with van der Waals surface area (Å²) >= 11 is 0. The number of aromatic nitrogens is 1. The molecule has 2 aromatic rings. The Hall–Kier alpha value is -2.55. The molecule has 8 nitrogen and oxygen atoms in total. The zero-order valence-electron chi connectivity index (χ0n) is 12.3. The standard InChI is InChI=1S/C14H15N3O5S/c1-23(20,21)17-7-6-16(8-10-4-2-3-5-12(10)17)14-15-11(9-22-14)13(18)19/h2-5,9H,6-8H2,1H3,(H,18,19). The molecule has 1 N–H and O–H groups in total. The molecule has 23 heavy (non-hydrogen) atoms. The molecule has 1 aliphatic rings. The van der Waals surface area contributed by atoms with Gasteiger partial charge in [0.05, 0.1) is 18.5 Å². The van der Waals surface area contributed by atoms with Gasteiger partial charge in [-0.25, -0.2) is 13.2 Å². The van der Waals surface area contributed by atoms with Crippen LogP contribution in [0.25, 0.3) is 0 Å². The number of oxazole rings is 1.